The molecule has 0 unspecified atom stereocenters. The van der Waals surface area contributed by atoms with E-state index in [1.54, 1.807) is 12.1 Å². The van der Waals surface area contributed by atoms with E-state index in [1.807, 2.05) is 25.1 Å². The van der Waals surface area contributed by atoms with E-state index in [-0.39, 0.29) is 5.69 Å². The van der Waals surface area contributed by atoms with Crippen LogP contribution >= 0.6 is 0 Å². The number of aromatic nitrogens is 3. The third-order valence-electron chi connectivity index (χ3n) is 3.06. The first-order valence-corrected chi connectivity index (χ1v) is 5.79. The highest BCUT2D eigenvalue weighted by atomic mass is 16.4. The molecule has 2 heterocycles. The molecule has 0 radical (unpaired) electrons. The number of pyridine rings is 1. The van der Waals surface area contributed by atoms with Gasteiger partial charge in [-0.2, -0.15) is 5.10 Å². The Morgan fingerprint density at radius 3 is 2.79 bits per heavy atom. The van der Waals surface area contributed by atoms with E-state index in [2.05, 4.69) is 15.2 Å². The van der Waals surface area contributed by atoms with Crippen molar-refractivity contribution in [3.8, 4) is 11.1 Å². The lowest BCUT2D eigenvalue weighted by molar-refractivity contribution is 0.0690. The highest BCUT2D eigenvalue weighted by molar-refractivity contribution is 5.89. The highest BCUT2D eigenvalue weighted by Gasteiger charge is 2.08. The van der Waals surface area contributed by atoms with Gasteiger partial charge < -0.3 is 5.11 Å². The second-order valence-electron chi connectivity index (χ2n) is 4.32. The van der Waals surface area contributed by atoms with E-state index >= 15 is 0 Å². The minimum absolute atomic E-state index is 0.0431. The summed E-state index contributed by atoms with van der Waals surface area (Å²) in [7, 11) is 0. The number of aromatic amines is 1. The molecule has 2 aromatic heterocycles. The van der Waals surface area contributed by atoms with Crippen molar-refractivity contribution in [2.75, 3.05) is 0 Å². The van der Waals surface area contributed by atoms with Crippen LogP contribution in [-0.4, -0.2) is 26.3 Å². The first-order chi connectivity index (χ1) is 9.15. The van der Waals surface area contributed by atoms with Crippen LogP contribution in [0.3, 0.4) is 0 Å². The largest absolute Gasteiger partial charge is 0.477 e. The zero-order chi connectivity index (χ0) is 13.4. The van der Waals surface area contributed by atoms with Crippen molar-refractivity contribution in [3.05, 3.63) is 47.9 Å². The Labute approximate surface area is 108 Å². The number of benzene rings is 1. The average Bonchev–Trinajstić information content (AvgIpc) is 2.80. The Balaban J connectivity index is 2.15. The van der Waals surface area contributed by atoms with E-state index in [0.717, 1.165) is 27.7 Å². The molecule has 0 aliphatic carbocycles. The SMILES string of the molecule is Cc1[nH]nc2ccc(-c3ccnc(C(=O)O)c3)cc12. The maximum absolute atomic E-state index is 10.9. The summed E-state index contributed by atoms with van der Waals surface area (Å²) in [6.07, 6.45) is 1.51. The Kier molecular flexibility index (Phi) is 2.52. The zero-order valence-electron chi connectivity index (χ0n) is 10.2. The third-order valence-corrected chi connectivity index (χ3v) is 3.06. The fourth-order valence-electron chi connectivity index (χ4n) is 2.04. The number of carboxylic acids is 1. The Bertz CT molecular complexity index is 777. The summed E-state index contributed by atoms with van der Waals surface area (Å²) < 4.78 is 0. The first-order valence-electron chi connectivity index (χ1n) is 5.79. The van der Waals surface area contributed by atoms with Gasteiger partial charge in [0.05, 0.1) is 5.52 Å². The van der Waals surface area contributed by atoms with Crippen LogP contribution in [0.5, 0.6) is 0 Å². The highest BCUT2D eigenvalue weighted by Crippen LogP contribution is 2.25. The van der Waals surface area contributed by atoms with Gasteiger partial charge in [-0.05, 0) is 42.3 Å². The van der Waals surface area contributed by atoms with Gasteiger partial charge in [0.25, 0.3) is 0 Å². The molecule has 0 saturated heterocycles. The summed E-state index contributed by atoms with van der Waals surface area (Å²) in [5.74, 6) is -1.03. The quantitative estimate of drug-likeness (QED) is 0.735. The van der Waals surface area contributed by atoms with E-state index in [9.17, 15) is 4.79 Å². The normalized spacial score (nSPS) is 10.8. The lowest BCUT2D eigenvalue weighted by atomic mass is 10.0. The molecule has 3 aromatic rings. The fourth-order valence-corrected chi connectivity index (χ4v) is 2.04. The molecule has 0 fully saturated rings. The van der Waals surface area contributed by atoms with Gasteiger partial charge in [0.1, 0.15) is 5.69 Å². The van der Waals surface area contributed by atoms with E-state index in [0.29, 0.717) is 0 Å². The molecular formula is C14H11N3O2. The Morgan fingerprint density at radius 2 is 2.00 bits per heavy atom. The number of fused-ring (bicyclic) bond motifs is 1. The molecule has 19 heavy (non-hydrogen) atoms. The molecule has 3 rings (SSSR count). The van der Waals surface area contributed by atoms with Crippen molar-refractivity contribution in [3.63, 3.8) is 0 Å². The summed E-state index contributed by atoms with van der Waals surface area (Å²) in [6, 6.07) is 9.19. The lowest BCUT2D eigenvalue weighted by Crippen LogP contribution is -1.99. The number of nitrogens with one attached hydrogen (secondary N) is 1. The number of nitrogens with zero attached hydrogens (tertiary/aromatic N) is 2. The molecule has 0 amide bonds. The van der Waals surface area contributed by atoms with Crippen LogP contribution in [0.25, 0.3) is 22.0 Å². The third kappa shape index (κ3) is 1.95. The van der Waals surface area contributed by atoms with E-state index in [1.165, 1.54) is 6.20 Å². The van der Waals surface area contributed by atoms with Gasteiger partial charge in [0.2, 0.25) is 0 Å². The van der Waals surface area contributed by atoms with Gasteiger partial charge in [-0.1, -0.05) is 6.07 Å². The molecule has 1 aromatic carbocycles. The van der Waals surface area contributed by atoms with E-state index in [4.69, 9.17) is 5.11 Å². The van der Waals surface area contributed by atoms with Gasteiger partial charge >= 0.3 is 5.97 Å². The predicted octanol–water partition coefficient (Wildman–Crippen LogP) is 2.63. The van der Waals surface area contributed by atoms with Crippen LogP contribution in [0.15, 0.2) is 36.5 Å². The summed E-state index contributed by atoms with van der Waals surface area (Å²) in [6.45, 7) is 1.95. The van der Waals surface area contributed by atoms with Crippen molar-refractivity contribution in [1.29, 1.82) is 0 Å². The second-order valence-corrected chi connectivity index (χ2v) is 4.32. The zero-order valence-corrected chi connectivity index (χ0v) is 10.2. The molecule has 0 spiro atoms. The van der Waals surface area contributed by atoms with E-state index < -0.39 is 5.97 Å². The van der Waals surface area contributed by atoms with Crippen LogP contribution in [0.2, 0.25) is 0 Å². The van der Waals surface area contributed by atoms with Crippen molar-refractivity contribution < 1.29 is 9.90 Å². The average molecular weight is 253 g/mol. The number of H-pyrrole nitrogens is 1. The fraction of sp³-hybridized carbons (Fsp3) is 0.0714. The minimum atomic E-state index is -1.03. The molecule has 0 saturated carbocycles. The number of rotatable bonds is 2. The smallest absolute Gasteiger partial charge is 0.354 e. The van der Waals surface area contributed by atoms with Crippen molar-refractivity contribution in [1.82, 2.24) is 15.2 Å². The number of carboxylic acid groups (broad SMARTS) is 1. The number of aryl methyl sites for hydroxylation is 1. The molecule has 0 aliphatic rings. The maximum atomic E-state index is 10.9. The summed E-state index contributed by atoms with van der Waals surface area (Å²) in [4.78, 5) is 14.7. The lowest BCUT2D eigenvalue weighted by Gasteiger charge is -2.03. The monoisotopic (exact) mass is 253 g/mol. The summed E-state index contributed by atoms with van der Waals surface area (Å²) in [5, 5.41) is 17.1. The van der Waals surface area contributed by atoms with Crippen molar-refractivity contribution in [2.24, 2.45) is 0 Å². The number of aromatic carboxylic acids is 1. The van der Waals surface area contributed by atoms with Crippen LogP contribution in [-0.2, 0) is 0 Å². The summed E-state index contributed by atoms with van der Waals surface area (Å²) in [5.41, 5.74) is 3.71. The summed E-state index contributed by atoms with van der Waals surface area (Å²) >= 11 is 0. The Hall–Kier alpha value is -2.69. The molecule has 5 heteroatoms. The first kappa shape index (κ1) is 11.4. The van der Waals surface area contributed by atoms with Crippen LogP contribution in [0.1, 0.15) is 16.2 Å². The van der Waals surface area contributed by atoms with Gasteiger partial charge in [-0.3, -0.25) is 5.10 Å². The minimum Gasteiger partial charge on any atom is -0.477 e. The number of hydrogen-bond donors (Lipinski definition) is 2. The topological polar surface area (TPSA) is 78.9 Å². The molecule has 94 valence electrons. The van der Waals surface area contributed by atoms with Gasteiger partial charge in [-0.15, -0.1) is 0 Å². The standard InChI is InChI=1S/C14H11N3O2/c1-8-11-6-9(2-3-12(11)17-16-8)10-4-5-15-13(7-10)14(18)19/h2-7H,1H3,(H,16,17)(H,18,19). The molecule has 5 nitrogen and oxygen atoms in total. The van der Waals surface area contributed by atoms with Crippen molar-refractivity contribution >= 4 is 16.9 Å². The predicted molar refractivity (Wildman–Crippen MR) is 71.0 cm³/mol. The molecule has 0 aliphatic heterocycles. The Morgan fingerprint density at radius 1 is 1.21 bits per heavy atom. The second kappa shape index (κ2) is 4.20. The molecule has 2 N–H and O–H groups in total. The molecule has 0 bridgehead atoms. The molecule has 0 atom stereocenters. The van der Waals surface area contributed by atoms with Crippen molar-refractivity contribution in [2.45, 2.75) is 6.92 Å². The van der Waals surface area contributed by atoms with Crippen LogP contribution in [0.4, 0.5) is 0 Å². The number of hydrogen-bond acceptors (Lipinski definition) is 3. The maximum Gasteiger partial charge on any atom is 0.354 e. The number of carbonyl (C=O) groups is 1. The van der Waals surface area contributed by atoms with Crippen LogP contribution in [0, 0.1) is 6.92 Å². The van der Waals surface area contributed by atoms with Crippen LogP contribution < -0.4 is 0 Å². The van der Waals surface area contributed by atoms with Gasteiger partial charge in [0.15, 0.2) is 0 Å². The molecular weight excluding hydrogens is 242 g/mol. The van der Waals surface area contributed by atoms with Gasteiger partial charge in [0, 0.05) is 17.3 Å². The van der Waals surface area contributed by atoms with Gasteiger partial charge in [-0.25, -0.2) is 9.78 Å².